The van der Waals surface area contributed by atoms with Gasteiger partial charge in [0.2, 0.25) is 20.0 Å². The lowest BCUT2D eigenvalue weighted by Gasteiger charge is -2.47. The number of nitrogens with one attached hydrogen (secondary N) is 1. The fourth-order valence-corrected chi connectivity index (χ4v) is 6.88. The molecule has 0 aliphatic carbocycles. The number of fused-ring (bicyclic) bond motifs is 2. The highest BCUT2D eigenvalue weighted by atomic mass is 32.2. The summed E-state index contributed by atoms with van der Waals surface area (Å²) in [6.07, 6.45) is -5.39. The number of aliphatic hydroxyl groups excluding tert-OH is 1. The SMILES string of the molecule is CS(=O)(=O)N1C[C@@H](NS(=O)(=O)c2ccc(OC(F)(F)F)cc2)[C@H](O)[C@@H](N2c3ccccc3Oc3ccccc32)C1. The average Bonchev–Trinajstić information content (AvgIpc) is 2.87. The van der Waals surface area contributed by atoms with Crippen molar-refractivity contribution in [3.63, 3.8) is 0 Å². The van der Waals surface area contributed by atoms with E-state index in [1.54, 1.807) is 53.4 Å². The fraction of sp³-hybridized carbons (Fsp3) is 0.280. The monoisotopic (exact) mass is 599 g/mol. The summed E-state index contributed by atoms with van der Waals surface area (Å²) in [4.78, 5) is 1.32. The van der Waals surface area contributed by atoms with E-state index in [0.29, 0.717) is 22.9 Å². The number of sulfonamides is 2. The van der Waals surface area contributed by atoms with Crippen molar-refractivity contribution in [3.8, 4) is 17.2 Å². The lowest BCUT2D eigenvalue weighted by Crippen LogP contribution is -2.65. The number of hydrogen-bond donors (Lipinski definition) is 2. The van der Waals surface area contributed by atoms with Crippen molar-refractivity contribution in [2.24, 2.45) is 0 Å². The van der Waals surface area contributed by atoms with Crippen LogP contribution in [0.5, 0.6) is 17.2 Å². The third kappa shape index (κ3) is 5.74. The lowest BCUT2D eigenvalue weighted by molar-refractivity contribution is -0.274. The Morgan fingerprint density at radius 1 is 0.900 bits per heavy atom. The van der Waals surface area contributed by atoms with Gasteiger partial charge in [0.1, 0.15) is 5.75 Å². The van der Waals surface area contributed by atoms with Crippen LogP contribution in [0.15, 0.2) is 77.7 Å². The Morgan fingerprint density at radius 3 is 1.98 bits per heavy atom. The molecule has 0 bridgehead atoms. The molecular formula is C25H24F3N3O7S2. The number of piperidine rings is 1. The Balaban J connectivity index is 1.50. The second-order valence-corrected chi connectivity index (χ2v) is 13.0. The topological polar surface area (TPSA) is 125 Å². The van der Waals surface area contributed by atoms with Gasteiger partial charge in [-0.05, 0) is 48.5 Å². The molecule has 0 amide bonds. The van der Waals surface area contributed by atoms with Crippen LogP contribution < -0.4 is 19.1 Å². The number of para-hydroxylation sites is 4. The van der Waals surface area contributed by atoms with Gasteiger partial charge in [0.25, 0.3) is 0 Å². The van der Waals surface area contributed by atoms with E-state index in [1.807, 2.05) is 0 Å². The fourth-order valence-electron chi connectivity index (χ4n) is 4.78. The van der Waals surface area contributed by atoms with Crippen LogP contribution in [0, 0.1) is 0 Å². The third-order valence-corrected chi connectivity index (χ3v) is 9.28. The summed E-state index contributed by atoms with van der Waals surface area (Å²) in [5.74, 6) is 0.309. The molecule has 1 saturated heterocycles. The second-order valence-electron chi connectivity index (χ2n) is 9.29. The van der Waals surface area contributed by atoms with E-state index in [1.165, 1.54) is 0 Å². The molecule has 214 valence electrons. The number of aliphatic hydroxyl groups is 1. The van der Waals surface area contributed by atoms with Crippen LogP contribution in [0.4, 0.5) is 24.5 Å². The first-order chi connectivity index (χ1) is 18.7. The number of nitrogens with zero attached hydrogens (tertiary/aromatic N) is 2. The maximum absolute atomic E-state index is 13.2. The minimum Gasteiger partial charge on any atom is -0.453 e. The molecule has 2 aliphatic heterocycles. The molecule has 2 aliphatic rings. The summed E-state index contributed by atoms with van der Waals surface area (Å²) in [6, 6.07) is 15.2. The third-order valence-electron chi connectivity index (χ3n) is 6.54. The Labute approximate surface area is 228 Å². The van der Waals surface area contributed by atoms with Crippen molar-refractivity contribution in [2.75, 3.05) is 24.2 Å². The molecule has 2 heterocycles. The van der Waals surface area contributed by atoms with Gasteiger partial charge in [0, 0.05) is 13.1 Å². The van der Waals surface area contributed by atoms with Gasteiger partial charge in [-0.3, -0.25) is 0 Å². The van der Waals surface area contributed by atoms with Crippen LogP contribution in [0.1, 0.15) is 0 Å². The predicted molar refractivity (Wildman–Crippen MR) is 139 cm³/mol. The number of ether oxygens (including phenoxy) is 2. The lowest BCUT2D eigenvalue weighted by atomic mass is 9.96. The van der Waals surface area contributed by atoms with Crippen molar-refractivity contribution in [2.45, 2.75) is 29.4 Å². The molecule has 0 spiro atoms. The zero-order valence-corrected chi connectivity index (χ0v) is 22.4. The molecule has 40 heavy (non-hydrogen) atoms. The van der Waals surface area contributed by atoms with Crippen LogP contribution in [-0.4, -0.2) is 70.1 Å². The van der Waals surface area contributed by atoms with Gasteiger partial charge in [0.15, 0.2) is 11.5 Å². The van der Waals surface area contributed by atoms with E-state index >= 15 is 0 Å². The van der Waals surface area contributed by atoms with Crippen molar-refractivity contribution >= 4 is 31.4 Å². The van der Waals surface area contributed by atoms with Gasteiger partial charge < -0.3 is 19.5 Å². The van der Waals surface area contributed by atoms with Crippen molar-refractivity contribution in [1.82, 2.24) is 9.03 Å². The van der Waals surface area contributed by atoms with E-state index in [9.17, 15) is 35.1 Å². The first-order valence-electron chi connectivity index (χ1n) is 11.9. The van der Waals surface area contributed by atoms with Gasteiger partial charge in [-0.25, -0.2) is 21.6 Å². The first-order valence-corrected chi connectivity index (χ1v) is 15.2. The molecule has 2 N–H and O–H groups in total. The van der Waals surface area contributed by atoms with Crippen LogP contribution in [0.25, 0.3) is 0 Å². The van der Waals surface area contributed by atoms with Crippen molar-refractivity contribution in [3.05, 3.63) is 72.8 Å². The quantitative estimate of drug-likeness (QED) is 0.443. The maximum atomic E-state index is 13.2. The van der Waals surface area contributed by atoms with Gasteiger partial charge in [-0.1, -0.05) is 24.3 Å². The molecule has 0 aromatic heterocycles. The number of alkyl halides is 3. The molecule has 0 unspecified atom stereocenters. The number of benzene rings is 3. The molecule has 5 rings (SSSR count). The van der Waals surface area contributed by atoms with Crippen LogP contribution in [0.2, 0.25) is 0 Å². The first kappa shape index (κ1) is 28.2. The molecule has 1 fully saturated rings. The summed E-state index contributed by atoms with van der Waals surface area (Å²) < 4.78 is 102. The highest BCUT2D eigenvalue weighted by Gasteiger charge is 2.45. The van der Waals surface area contributed by atoms with E-state index in [-0.39, 0.29) is 13.1 Å². The van der Waals surface area contributed by atoms with Crippen LogP contribution in [0.3, 0.4) is 0 Å². The van der Waals surface area contributed by atoms with E-state index in [0.717, 1.165) is 34.8 Å². The van der Waals surface area contributed by atoms with E-state index in [4.69, 9.17) is 4.74 Å². The van der Waals surface area contributed by atoms with Crippen LogP contribution in [-0.2, 0) is 20.0 Å². The van der Waals surface area contributed by atoms with Crippen molar-refractivity contribution in [1.29, 1.82) is 0 Å². The highest BCUT2D eigenvalue weighted by molar-refractivity contribution is 7.89. The summed E-state index contributed by atoms with van der Waals surface area (Å²) in [5.41, 5.74) is 1.09. The number of anilines is 2. The molecule has 3 aromatic rings. The zero-order valence-electron chi connectivity index (χ0n) is 20.8. The smallest absolute Gasteiger partial charge is 0.453 e. The molecule has 3 aromatic carbocycles. The zero-order chi connectivity index (χ0) is 28.9. The Bertz CT molecular complexity index is 1570. The molecular weight excluding hydrogens is 575 g/mol. The number of rotatable bonds is 6. The molecule has 0 radical (unpaired) electrons. The Kier molecular flexibility index (Phi) is 7.20. The van der Waals surface area contributed by atoms with E-state index in [2.05, 4.69) is 9.46 Å². The van der Waals surface area contributed by atoms with Gasteiger partial charge in [0.05, 0.1) is 40.7 Å². The number of hydrogen-bond acceptors (Lipinski definition) is 8. The normalized spacial score (nSPS) is 21.7. The summed E-state index contributed by atoms with van der Waals surface area (Å²) in [6.45, 7) is -0.539. The van der Waals surface area contributed by atoms with Gasteiger partial charge in [-0.2, -0.15) is 4.31 Å². The minimum atomic E-state index is -4.95. The minimum absolute atomic E-state index is 0.162. The van der Waals surface area contributed by atoms with E-state index < -0.39 is 55.2 Å². The molecule has 15 heteroatoms. The Hall–Kier alpha value is -3.37. The average molecular weight is 600 g/mol. The van der Waals surface area contributed by atoms with Gasteiger partial charge in [-0.15, -0.1) is 13.2 Å². The summed E-state index contributed by atoms with van der Waals surface area (Å²) in [7, 11) is -8.25. The summed E-state index contributed by atoms with van der Waals surface area (Å²) in [5, 5.41) is 11.5. The van der Waals surface area contributed by atoms with Gasteiger partial charge >= 0.3 is 6.36 Å². The Morgan fingerprint density at radius 2 is 1.45 bits per heavy atom. The molecule has 3 atom stereocenters. The largest absolute Gasteiger partial charge is 0.573 e. The summed E-state index contributed by atoms with van der Waals surface area (Å²) >= 11 is 0. The predicted octanol–water partition coefficient (Wildman–Crippen LogP) is 3.18. The standard InChI is InChI=1S/C25H24F3N3O7S2/c1-39(33,34)30-14-18(29-40(35,36)17-12-10-16(11-13-17)38-25(26,27)28)24(32)21(15-30)31-19-6-2-4-8-22(19)37-23-9-5-3-7-20(23)31/h2-13,18,21,24,29,32H,14-15H2,1H3/t18-,21+,24+/m1/s1. The highest BCUT2D eigenvalue weighted by Crippen LogP contribution is 2.48. The molecule has 0 saturated carbocycles. The second kappa shape index (κ2) is 10.2. The maximum Gasteiger partial charge on any atom is 0.573 e. The van der Waals surface area contributed by atoms with Crippen molar-refractivity contribution < 1.29 is 44.6 Å². The number of halogens is 3. The van der Waals surface area contributed by atoms with Crippen LogP contribution >= 0.6 is 0 Å². The molecule has 10 nitrogen and oxygen atoms in total.